The molecule has 0 saturated heterocycles. The van der Waals surface area contributed by atoms with Gasteiger partial charge in [-0.2, -0.15) is 0 Å². The van der Waals surface area contributed by atoms with Gasteiger partial charge in [-0.1, -0.05) is 40.2 Å². The Hall–Kier alpha value is -1.72. The van der Waals surface area contributed by atoms with Crippen molar-refractivity contribution in [2.45, 2.75) is 19.5 Å². The average Bonchev–Trinajstić information content (AvgIpc) is 2.47. The molecule has 1 N–H and O–H groups in total. The monoisotopic (exact) mass is 365 g/mol. The van der Waals surface area contributed by atoms with E-state index in [1.165, 1.54) is 12.1 Å². The van der Waals surface area contributed by atoms with E-state index in [9.17, 15) is 9.18 Å². The summed E-state index contributed by atoms with van der Waals surface area (Å²) in [6, 6.07) is 14.2. The molecule has 0 fully saturated rings. The minimum absolute atomic E-state index is 0.0786. The molecule has 2 aromatic carbocycles. The molecular formula is C17H17BrFNO2. The van der Waals surface area contributed by atoms with Gasteiger partial charge in [0.05, 0.1) is 6.42 Å². The fraction of sp³-hybridized carbons (Fsp3) is 0.235. The first-order chi connectivity index (χ1) is 10.5. The molecule has 2 rings (SSSR count). The zero-order valence-electron chi connectivity index (χ0n) is 12.0. The van der Waals surface area contributed by atoms with Crippen LogP contribution in [-0.4, -0.2) is 22.5 Å². The highest BCUT2D eigenvalue weighted by Crippen LogP contribution is 2.15. The molecule has 116 valence electrons. The largest absolute Gasteiger partial charge is 0.481 e. The minimum atomic E-state index is -0.821. The molecule has 0 atom stereocenters. The van der Waals surface area contributed by atoms with Crippen molar-refractivity contribution in [3.8, 4) is 0 Å². The van der Waals surface area contributed by atoms with Gasteiger partial charge in [0.25, 0.3) is 0 Å². The number of halogens is 2. The third-order valence-electron chi connectivity index (χ3n) is 3.26. The van der Waals surface area contributed by atoms with E-state index in [-0.39, 0.29) is 12.2 Å². The summed E-state index contributed by atoms with van der Waals surface area (Å²) in [4.78, 5) is 12.9. The molecule has 0 amide bonds. The van der Waals surface area contributed by atoms with Gasteiger partial charge in [-0.15, -0.1) is 0 Å². The number of aliphatic carboxylic acids is 1. The maximum Gasteiger partial charge on any atom is 0.304 e. The van der Waals surface area contributed by atoms with Gasteiger partial charge < -0.3 is 5.11 Å². The Kier molecular flexibility index (Phi) is 6.10. The zero-order chi connectivity index (χ0) is 15.9. The van der Waals surface area contributed by atoms with Crippen molar-refractivity contribution >= 4 is 21.9 Å². The lowest BCUT2D eigenvalue weighted by atomic mass is 10.1. The van der Waals surface area contributed by atoms with Crippen molar-refractivity contribution < 1.29 is 14.3 Å². The Balaban J connectivity index is 2.07. The molecule has 0 spiro atoms. The van der Waals surface area contributed by atoms with Crippen LogP contribution in [0.25, 0.3) is 0 Å². The summed E-state index contributed by atoms with van der Waals surface area (Å²) in [5, 5.41) is 8.89. The summed E-state index contributed by atoms with van der Waals surface area (Å²) in [7, 11) is 0. The second-order valence-electron chi connectivity index (χ2n) is 5.11. The quantitative estimate of drug-likeness (QED) is 0.803. The summed E-state index contributed by atoms with van der Waals surface area (Å²) < 4.78 is 14.0. The number of carbonyl (C=O) groups is 1. The smallest absolute Gasteiger partial charge is 0.304 e. The second-order valence-corrected chi connectivity index (χ2v) is 6.03. The van der Waals surface area contributed by atoms with Crippen molar-refractivity contribution in [1.82, 2.24) is 4.90 Å². The lowest BCUT2D eigenvalue weighted by Crippen LogP contribution is -2.25. The van der Waals surface area contributed by atoms with E-state index in [1.54, 1.807) is 12.1 Å². The Labute approximate surface area is 137 Å². The molecule has 0 aliphatic heterocycles. The third kappa shape index (κ3) is 5.58. The van der Waals surface area contributed by atoms with Crippen LogP contribution in [0.3, 0.4) is 0 Å². The number of carboxylic acids is 1. The normalized spacial score (nSPS) is 10.9. The zero-order valence-corrected chi connectivity index (χ0v) is 13.6. The molecule has 0 aliphatic rings. The van der Waals surface area contributed by atoms with Gasteiger partial charge >= 0.3 is 5.97 Å². The Morgan fingerprint density at radius 3 is 2.41 bits per heavy atom. The molecule has 3 nitrogen and oxygen atoms in total. The van der Waals surface area contributed by atoms with Crippen LogP contribution in [0.15, 0.2) is 53.0 Å². The predicted molar refractivity (Wildman–Crippen MR) is 86.9 cm³/mol. The number of carboxylic acid groups (broad SMARTS) is 1. The number of benzene rings is 2. The van der Waals surface area contributed by atoms with E-state index in [0.717, 1.165) is 15.6 Å². The van der Waals surface area contributed by atoms with E-state index in [1.807, 2.05) is 29.2 Å². The van der Waals surface area contributed by atoms with E-state index in [0.29, 0.717) is 19.6 Å². The van der Waals surface area contributed by atoms with Gasteiger partial charge in [0, 0.05) is 24.1 Å². The number of hydrogen-bond donors (Lipinski definition) is 1. The molecule has 0 bridgehead atoms. The first-order valence-corrected chi connectivity index (χ1v) is 7.75. The lowest BCUT2D eigenvalue weighted by molar-refractivity contribution is -0.137. The van der Waals surface area contributed by atoms with Crippen LogP contribution in [0.4, 0.5) is 4.39 Å². The maximum absolute atomic E-state index is 13.0. The van der Waals surface area contributed by atoms with Crippen LogP contribution >= 0.6 is 15.9 Å². The highest BCUT2D eigenvalue weighted by Gasteiger charge is 2.10. The van der Waals surface area contributed by atoms with E-state index in [2.05, 4.69) is 15.9 Å². The van der Waals surface area contributed by atoms with Gasteiger partial charge in [0.2, 0.25) is 0 Å². The number of nitrogens with zero attached hydrogens (tertiary/aromatic N) is 1. The lowest BCUT2D eigenvalue weighted by Gasteiger charge is -2.22. The Morgan fingerprint density at radius 2 is 1.77 bits per heavy atom. The van der Waals surface area contributed by atoms with Crippen molar-refractivity contribution in [1.29, 1.82) is 0 Å². The molecule has 0 radical (unpaired) electrons. The molecule has 0 unspecified atom stereocenters. The first kappa shape index (κ1) is 16.6. The topological polar surface area (TPSA) is 40.5 Å². The number of hydrogen-bond acceptors (Lipinski definition) is 2. The fourth-order valence-electron chi connectivity index (χ4n) is 2.21. The van der Waals surface area contributed by atoms with Gasteiger partial charge in [0.15, 0.2) is 0 Å². The van der Waals surface area contributed by atoms with E-state index < -0.39 is 5.97 Å². The summed E-state index contributed by atoms with van der Waals surface area (Å²) in [5.74, 6) is -1.09. The van der Waals surface area contributed by atoms with Crippen LogP contribution in [0.2, 0.25) is 0 Å². The van der Waals surface area contributed by atoms with Crippen molar-refractivity contribution in [3.63, 3.8) is 0 Å². The molecule has 22 heavy (non-hydrogen) atoms. The molecule has 0 saturated carbocycles. The number of rotatable bonds is 7. The minimum Gasteiger partial charge on any atom is -0.481 e. The van der Waals surface area contributed by atoms with Crippen LogP contribution < -0.4 is 0 Å². The van der Waals surface area contributed by atoms with Gasteiger partial charge in [-0.3, -0.25) is 9.69 Å². The fourth-order valence-corrected chi connectivity index (χ4v) is 2.66. The van der Waals surface area contributed by atoms with E-state index >= 15 is 0 Å². The van der Waals surface area contributed by atoms with Gasteiger partial charge in [-0.25, -0.2) is 4.39 Å². The van der Waals surface area contributed by atoms with Gasteiger partial charge in [0.1, 0.15) is 5.82 Å². The summed E-state index contributed by atoms with van der Waals surface area (Å²) >= 11 is 3.43. The highest BCUT2D eigenvalue weighted by atomic mass is 79.9. The predicted octanol–water partition coefficient (Wildman–Crippen LogP) is 4.07. The molecule has 0 aromatic heterocycles. The average molecular weight is 366 g/mol. The third-order valence-corrected chi connectivity index (χ3v) is 3.75. The maximum atomic E-state index is 13.0. The molecule has 0 aliphatic carbocycles. The Bertz CT molecular complexity index is 631. The van der Waals surface area contributed by atoms with Crippen LogP contribution in [-0.2, 0) is 17.9 Å². The molecule has 0 heterocycles. The van der Waals surface area contributed by atoms with Crippen LogP contribution in [0, 0.1) is 5.82 Å². The van der Waals surface area contributed by atoms with E-state index in [4.69, 9.17) is 5.11 Å². The SMILES string of the molecule is O=C(O)CCN(Cc1ccc(F)cc1)Cc1cccc(Br)c1. The summed E-state index contributed by atoms with van der Waals surface area (Å²) in [5.41, 5.74) is 2.06. The first-order valence-electron chi connectivity index (χ1n) is 6.96. The Morgan fingerprint density at radius 1 is 1.09 bits per heavy atom. The molecular weight excluding hydrogens is 349 g/mol. The molecule has 2 aromatic rings. The van der Waals surface area contributed by atoms with Crippen LogP contribution in [0.1, 0.15) is 17.5 Å². The summed E-state index contributed by atoms with van der Waals surface area (Å²) in [6.45, 7) is 1.67. The van der Waals surface area contributed by atoms with Crippen molar-refractivity contribution in [2.75, 3.05) is 6.54 Å². The highest BCUT2D eigenvalue weighted by molar-refractivity contribution is 9.10. The van der Waals surface area contributed by atoms with Gasteiger partial charge in [-0.05, 0) is 35.4 Å². The standard InChI is InChI=1S/C17H17BrFNO2/c18-15-3-1-2-14(10-15)12-20(9-8-17(21)22)11-13-4-6-16(19)7-5-13/h1-7,10H,8-9,11-12H2,(H,21,22). The second kappa shape index (κ2) is 8.06. The molecule has 5 heteroatoms. The summed E-state index contributed by atoms with van der Waals surface area (Å²) in [6.07, 6.45) is 0.0786. The van der Waals surface area contributed by atoms with Crippen LogP contribution in [0.5, 0.6) is 0 Å². The van der Waals surface area contributed by atoms with Crippen molar-refractivity contribution in [2.24, 2.45) is 0 Å². The van der Waals surface area contributed by atoms with Crippen molar-refractivity contribution in [3.05, 3.63) is 69.9 Å².